The molecule has 0 bridgehead atoms. The van der Waals surface area contributed by atoms with Gasteiger partial charge in [0, 0.05) is 26.2 Å². The van der Waals surface area contributed by atoms with Crippen molar-refractivity contribution in [1.82, 2.24) is 14.1 Å². The second kappa shape index (κ2) is 6.96. The van der Waals surface area contributed by atoms with Crippen LogP contribution in [-0.4, -0.2) is 68.7 Å². The molecule has 2 rings (SSSR count). The van der Waals surface area contributed by atoms with Crippen LogP contribution in [0.4, 0.5) is 0 Å². The molecule has 0 saturated carbocycles. The molecule has 0 spiro atoms. The molecular weight excluding hydrogens is 316 g/mol. The van der Waals surface area contributed by atoms with Gasteiger partial charge in [-0.15, -0.1) is 0 Å². The lowest BCUT2D eigenvalue weighted by atomic mass is 10.0. The van der Waals surface area contributed by atoms with Gasteiger partial charge >= 0.3 is 0 Å². The highest BCUT2D eigenvalue weighted by Gasteiger charge is 2.32. The molecule has 0 aliphatic carbocycles. The molecule has 128 valence electrons. The van der Waals surface area contributed by atoms with E-state index < -0.39 is 10.2 Å². The number of nitrogens with two attached hydrogens (primary N) is 1. The summed E-state index contributed by atoms with van der Waals surface area (Å²) in [5.74, 6) is -0.0188. The number of piperazine rings is 1. The fraction of sp³-hybridized carbons (Fsp3) is 0.533. The van der Waals surface area contributed by atoms with E-state index in [1.165, 1.54) is 4.31 Å². The molecular formula is C15H24N4O3S. The van der Waals surface area contributed by atoms with Crippen LogP contribution in [0, 0.1) is 6.92 Å². The molecule has 2 N–H and O–H groups in total. The lowest BCUT2D eigenvalue weighted by molar-refractivity contribution is -0.137. The molecule has 23 heavy (non-hydrogen) atoms. The zero-order chi connectivity index (χ0) is 17.2. The Balaban J connectivity index is 2.14. The number of nitrogens with zero attached hydrogens (tertiary/aromatic N) is 3. The van der Waals surface area contributed by atoms with E-state index in [1.807, 2.05) is 50.2 Å². The summed E-state index contributed by atoms with van der Waals surface area (Å²) in [6.45, 7) is 3.17. The Morgan fingerprint density at radius 1 is 1.22 bits per heavy atom. The fourth-order valence-corrected chi connectivity index (χ4v) is 3.51. The van der Waals surface area contributed by atoms with E-state index in [2.05, 4.69) is 0 Å². The van der Waals surface area contributed by atoms with Crippen molar-refractivity contribution in [1.29, 1.82) is 0 Å². The van der Waals surface area contributed by atoms with Gasteiger partial charge in [0.05, 0.1) is 0 Å². The van der Waals surface area contributed by atoms with Crippen LogP contribution in [-0.2, 0) is 15.0 Å². The molecule has 1 aliphatic rings. The number of likely N-dealkylation sites (N-methyl/N-ethyl adjacent to an activating group) is 1. The van der Waals surface area contributed by atoms with Crippen molar-refractivity contribution in [3.8, 4) is 0 Å². The van der Waals surface area contributed by atoms with Crippen LogP contribution in [0.5, 0.6) is 0 Å². The highest BCUT2D eigenvalue weighted by atomic mass is 32.2. The van der Waals surface area contributed by atoms with Gasteiger partial charge in [0.15, 0.2) is 0 Å². The maximum atomic E-state index is 12.9. The molecule has 1 aliphatic heterocycles. The molecule has 1 amide bonds. The highest BCUT2D eigenvalue weighted by molar-refractivity contribution is 7.86. The zero-order valence-corrected chi connectivity index (χ0v) is 14.6. The Hall–Kier alpha value is -1.48. The van der Waals surface area contributed by atoms with Gasteiger partial charge in [0.2, 0.25) is 5.91 Å². The quantitative estimate of drug-likeness (QED) is 0.832. The van der Waals surface area contributed by atoms with Crippen LogP contribution in [0.25, 0.3) is 0 Å². The minimum atomic E-state index is -3.68. The van der Waals surface area contributed by atoms with Crippen LogP contribution in [0.2, 0.25) is 0 Å². The summed E-state index contributed by atoms with van der Waals surface area (Å²) < 4.78 is 23.9. The summed E-state index contributed by atoms with van der Waals surface area (Å²) in [5.41, 5.74) is 2.04. The van der Waals surface area contributed by atoms with E-state index in [1.54, 1.807) is 4.90 Å². The maximum absolute atomic E-state index is 12.9. The topological polar surface area (TPSA) is 87.0 Å². The van der Waals surface area contributed by atoms with E-state index in [0.29, 0.717) is 13.1 Å². The number of hydrogen-bond donors (Lipinski definition) is 1. The molecule has 1 heterocycles. The predicted octanol–water partition coefficient (Wildman–Crippen LogP) is -0.0546. The predicted molar refractivity (Wildman–Crippen MR) is 88.9 cm³/mol. The monoisotopic (exact) mass is 340 g/mol. The summed E-state index contributed by atoms with van der Waals surface area (Å²) in [6.07, 6.45) is 0. The number of rotatable bonds is 4. The fourth-order valence-electron chi connectivity index (χ4n) is 2.84. The minimum Gasteiger partial charge on any atom is -0.338 e. The smallest absolute Gasteiger partial charge is 0.277 e. The van der Waals surface area contributed by atoms with Gasteiger partial charge in [-0.25, -0.2) is 5.14 Å². The molecule has 1 atom stereocenters. The van der Waals surface area contributed by atoms with Crippen LogP contribution in [0.3, 0.4) is 0 Å². The number of aryl methyl sites for hydroxylation is 1. The maximum Gasteiger partial charge on any atom is 0.277 e. The van der Waals surface area contributed by atoms with E-state index in [4.69, 9.17) is 5.14 Å². The summed E-state index contributed by atoms with van der Waals surface area (Å²) in [7, 11) is 0.0487. The van der Waals surface area contributed by atoms with Gasteiger partial charge in [-0.2, -0.15) is 12.7 Å². The van der Waals surface area contributed by atoms with Crippen LogP contribution in [0.15, 0.2) is 24.3 Å². The van der Waals surface area contributed by atoms with Crippen LogP contribution < -0.4 is 5.14 Å². The first kappa shape index (κ1) is 17.9. The first-order chi connectivity index (χ1) is 10.7. The lowest BCUT2D eigenvalue weighted by Crippen LogP contribution is -2.54. The number of hydrogen-bond acceptors (Lipinski definition) is 4. The van der Waals surface area contributed by atoms with E-state index in [-0.39, 0.29) is 25.0 Å². The van der Waals surface area contributed by atoms with Gasteiger partial charge < -0.3 is 4.90 Å². The molecule has 0 radical (unpaired) electrons. The summed E-state index contributed by atoms with van der Waals surface area (Å²) in [6, 6.07) is 7.49. The Morgan fingerprint density at radius 2 is 1.83 bits per heavy atom. The SMILES string of the molecule is Cc1cccc(C(C(=O)N2CCN(S(N)(=O)=O)CC2)N(C)C)c1. The van der Waals surface area contributed by atoms with Gasteiger partial charge in [-0.3, -0.25) is 9.69 Å². The summed E-state index contributed by atoms with van der Waals surface area (Å²) >= 11 is 0. The molecule has 1 fully saturated rings. The van der Waals surface area contributed by atoms with Crippen molar-refractivity contribution in [2.24, 2.45) is 5.14 Å². The number of benzene rings is 1. The van der Waals surface area contributed by atoms with Crippen molar-refractivity contribution in [2.75, 3.05) is 40.3 Å². The van der Waals surface area contributed by atoms with Crippen LogP contribution >= 0.6 is 0 Å². The Kier molecular flexibility index (Phi) is 5.41. The first-order valence-electron chi connectivity index (χ1n) is 7.50. The van der Waals surface area contributed by atoms with Crippen molar-refractivity contribution < 1.29 is 13.2 Å². The number of carbonyl (C=O) groups is 1. The third-order valence-electron chi connectivity index (χ3n) is 4.02. The standard InChI is InChI=1S/C15H24N4O3S/c1-12-5-4-6-13(11-12)14(17(2)3)15(20)18-7-9-19(10-8-18)23(16,21)22/h4-6,11,14H,7-10H2,1-3H3,(H2,16,21,22). The first-order valence-corrected chi connectivity index (χ1v) is 9.00. The lowest BCUT2D eigenvalue weighted by Gasteiger charge is -2.36. The molecule has 0 aromatic heterocycles. The minimum absolute atomic E-state index is 0.0188. The average molecular weight is 340 g/mol. The molecule has 1 saturated heterocycles. The van der Waals surface area contributed by atoms with Gasteiger partial charge in [0.25, 0.3) is 10.2 Å². The van der Waals surface area contributed by atoms with Gasteiger partial charge in [-0.05, 0) is 26.6 Å². The third-order valence-corrected chi connectivity index (χ3v) is 5.10. The normalized spacial score (nSPS) is 18.2. The number of amides is 1. The Labute approximate surface area is 137 Å². The molecule has 8 heteroatoms. The van der Waals surface area contributed by atoms with E-state index >= 15 is 0 Å². The second-order valence-corrected chi connectivity index (χ2v) is 7.60. The summed E-state index contributed by atoms with van der Waals surface area (Å²) in [4.78, 5) is 16.5. The molecule has 1 unspecified atom stereocenters. The zero-order valence-electron chi connectivity index (χ0n) is 13.8. The van der Waals surface area contributed by atoms with E-state index in [9.17, 15) is 13.2 Å². The van der Waals surface area contributed by atoms with Gasteiger partial charge in [-0.1, -0.05) is 29.8 Å². The van der Waals surface area contributed by atoms with E-state index in [0.717, 1.165) is 11.1 Å². The second-order valence-electron chi connectivity index (χ2n) is 6.05. The average Bonchev–Trinajstić information content (AvgIpc) is 2.46. The number of carbonyl (C=O) groups excluding carboxylic acids is 1. The molecule has 1 aromatic rings. The molecule has 1 aromatic carbocycles. The Morgan fingerprint density at radius 3 is 2.30 bits per heavy atom. The van der Waals surface area contributed by atoms with Crippen molar-refractivity contribution >= 4 is 16.1 Å². The Bertz CT molecular complexity index is 667. The molecule has 7 nitrogen and oxygen atoms in total. The highest BCUT2D eigenvalue weighted by Crippen LogP contribution is 2.22. The van der Waals surface area contributed by atoms with Crippen LogP contribution in [0.1, 0.15) is 17.2 Å². The van der Waals surface area contributed by atoms with Crippen molar-refractivity contribution in [3.63, 3.8) is 0 Å². The largest absolute Gasteiger partial charge is 0.338 e. The third kappa shape index (κ3) is 4.29. The van der Waals surface area contributed by atoms with Crippen molar-refractivity contribution in [3.05, 3.63) is 35.4 Å². The van der Waals surface area contributed by atoms with Crippen molar-refractivity contribution in [2.45, 2.75) is 13.0 Å². The van der Waals surface area contributed by atoms with Gasteiger partial charge in [0.1, 0.15) is 6.04 Å². The summed E-state index contributed by atoms with van der Waals surface area (Å²) in [5, 5.41) is 5.13.